The monoisotopic (exact) mass is 440 g/mol. The van der Waals surface area contributed by atoms with E-state index in [2.05, 4.69) is 17.4 Å². The lowest BCUT2D eigenvalue weighted by molar-refractivity contribution is -0.137. The predicted octanol–water partition coefficient (Wildman–Crippen LogP) is 5.71. The van der Waals surface area contributed by atoms with Crippen molar-refractivity contribution in [1.29, 1.82) is 0 Å². The fourth-order valence-electron chi connectivity index (χ4n) is 3.82. The third-order valence-corrected chi connectivity index (χ3v) is 5.49. The highest BCUT2D eigenvalue weighted by Gasteiger charge is 2.34. The Labute approximate surface area is 178 Å². The van der Waals surface area contributed by atoms with Crippen LogP contribution in [-0.2, 0) is 23.3 Å². The Morgan fingerprint density at radius 3 is 2.19 bits per heavy atom. The number of alkyl halides is 5. The van der Waals surface area contributed by atoms with Crippen LogP contribution >= 0.6 is 0 Å². The summed E-state index contributed by atoms with van der Waals surface area (Å²) in [4.78, 5) is 14.3. The second-order valence-corrected chi connectivity index (χ2v) is 8.14. The van der Waals surface area contributed by atoms with E-state index in [9.17, 15) is 26.7 Å². The minimum Gasteiger partial charge on any atom is -0.325 e. The zero-order chi connectivity index (χ0) is 22.6. The van der Waals surface area contributed by atoms with E-state index < -0.39 is 29.1 Å². The number of carbonyl (C=O) groups excluding carboxylic acids is 1. The summed E-state index contributed by atoms with van der Waals surface area (Å²) in [5, 5.41) is 2.35. The number of halogens is 5. The molecule has 2 aromatic rings. The fraction of sp³-hybridized carbons (Fsp3) is 0.435. The summed E-state index contributed by atoms with van der Waals surface area (Å²) in [5.41, 5.74) is -1.02. The van der Waals surface area contributed by atoms with Gasteiger partial charge in [-0.3, -0.25) is 9.69 Å². The molecule has 0 saturated carbocycles. The van der Waals surface area contributed by atoms with E-state index in [0.717, 1.165) is 25.3 Å². The van der Waals surface area contributed by atoms with Crippen LogP contribution in [0.1, 0.15) is 36.5 Å². The van der Waals surface area contributed by atoms with Gasteiger partial charge in [-0.2, -0.15) is 13.2 Å². The van der Waals surface area contributed by atoms with Gasteiger partial charge in [0.15, 0.2) is 0 Å². The van der Waals surface area contributed by atoms with Crippen LogP contribution in [0.15, 0.2) is 48.5 Å². The fourth-order valence-corrected chi connectivity index (χ4v) is 3.82. The first kappa shape index (κ1) is 23.2. The van der Waals surface area contributed by atoms with Gasteiger partial charge in [-0.05, 0) is 62.0 Å². The topological polar surface area (TPSA) is 32.3 Å². The third kappa shape index (κ3) is 6.75. The molecule has 8 heteroatoms. The van der Waals surface area contributed by atoms with Crippen LogP contribution in [0.25, 0.3) is 0 Å². The van der Waals surface area contributed by atoms with Gasteiger partial charge in [0, 0.05) is 18.2 Å². The van der Waals surface area contributed by atoms with Gasteiger partial charge < -0.3 is 5.32 Å². The van der Waals surface area contributed by atoms with Gasteiger partial charge in [-0.1, -0.05) is 30.3 Å². The molecule has 1 saturated heterocycles. The Bertz CT molecular complexity index is 853. The Morgan fingerprint density at radius 2 is 1.61 bits per heavy atom. The highest BCUT2D eigenvalue weighted by atomic mass is 19.4. The minimum absolute atomic E-state index is 0.00610. The summed E-state index contributed by atoms with van der Waals surface area (Å²) in [7, 11) is 0. The molecule has 1 aliphatic rings. The predicted molar refractivity (Wildman–Crippen MR) is 109 cm³/mol. The second-order valence-electron chi connectivity index (χ2n) is 8.14. The van der Waals surface area contributed by atoms with Crippen molar-refractivity contribution in [3.8, 4) is 0 Å². The molecule has 1 N–H and O–H groups in total. The van der Waals surface area contributed by atoms with Gasteiger partial charge in [0.2, 0.25) is 5.91 Å². The Kier molecular flexibility index (Phi) is 6.99. The second kappa shape index (κ2) is 9.34. The van der Waals surface area contributed by atoms with Crippen LogP contribution in [0.3, 0.4) is 0 Å². The molecule has 1 fully saturated rings. The van der Waals surface area contributed by atoms with Crippen molar-refractivity contribution in [2.75, 3.05) is 25.0 Å². The summed E-state index contributed by atoms with van der Waals surface area (Å²) >= 11 is 0. The van der Waals surface area contributed by atoms with Gasteiger partial charge >= 0.3 is 6.18 Å². The molecule has 0 bridgehead atoms. The standard InChI is InChI=1S/C23H25F5N2O/c1-22(24,25)18-12-19(23(26,27)28)14-20(13-18)29-21(31)15-30-9-7-17(8-10-30)11-16-5-3-2-4-6-16/h2-6,12-14,17H,7-11,15H2,1H3,(H,29,31). The molecule has 0 atom stereocenters. The van der Waals surface area contributed by atoms with Crippen molar-refractivity contribution in [1.82, 2.24) is 4.90 Å². The van der Waals surface area contributed by atoms with E-state index >= 15 is 0 Å². The number of hydrogen-bond acceptors (Lipinski definition) is 2. The highest BCUT2D eigenvalue weighted by Crippen LogP contribution is 2.36. The number of anilines is 1. The molecular weight excluding hydrogens is 415 g/mol. The molecule has 0 unspecified atom stereocenters. The molecule has 0 spiro atoms. The lowest BCUT2D eigenvalue weighted by Crippen LogP contribution is -2.39. The Balaban J connectivity index is 1.57. The average Bonchev–Trinajstić information content (AvgIpc) is 2.68. The van der Waals surface area contributed by atoms with Gasteiger partial charge in [-0.15, -0.1) is 0 Å². The molecule has 0 aromatic heterocycles. The Hall–Kier alpha value is -2.48. The van der Waals surface area contributed by atoms with Gasteiger partial charge in [-0.25, -0.2) is 8.78 Å². The number of piperidine rings is 1. The van der Waals surface area contributed by atoms with E-state index in [1.807, 2.05) is 23.1 Å². The molecule has 3 nitrogen and oxygen atoms in total. The molecule has 0 aliphatic carbocycles. The number of benzene rings is 2. The summed E-state index contributed by atoms with van der Waals surface area (Å²) in [6.45, 7) is 1.93. The number of nitrogens with zero attached hydrogens (tertiary/aromatic N) is 1. The van der Waals surface area contributed by atoms with Crippen molar-refractivity contribution >= 4 is 11.6 Å². The smallest absolute Gasteiger partial charge is 0.325 e. The maximum Gasteiger partial charge on any atom is 0.416 e. The number of carbonyl (C=O) groups is 1. The van der Waals surface area contributed by atoms with Crippen LogP contribution in [0.4, 0.5) is 27.6 Å². The number of amides is 1. The van der Waals surface area contributed by atoms with Gasteiger partial charge in [0.1, 0.15) is 0 Å². The van der Waals surface area contributed by atoms with E-state index in [0.29, 0.717) is 38.1 Å². The Morgan fingerprint density at radius 1 is 1.00 bits per heavy atom. The van der Waals surface area contributed by atoms with E-state index in [1.54, 1.807) is 0 Å². The average molecular weight is 440 g/mol. The van der Waals surface area contributed by atoms with Crippen LogP contribution in [0.5, 0.6) is 0 Å². The third-order valence-electron chi connectivity index (χ3n) is 5.49. The van der Waals surface area contributed by atoms with Crippen LogP contribution in [0, 0.1) is 5.92 Å². The lowest BCUT2D eigenvalue weighted by Gasteiger charge is -2.31. The number of nitrogens with one attached hydrogen (secondary N) is 1. The van der Waals surface area contributed by atoms with Crippen LogP contribution in [-0.4, -0.2) is 30.4 Å². The van der Waals surface area contributed by atoms with Crippen LogP contribution < -0.4 is 5.32 Å². The SMILES string of the molecule is CC(F)(F)c1cc(NC(=O)CN2CCC(Cc3ccccc3)CC2)cc(C(F)(F)F)c1. The van der Waals surface area contributed by atoms with Crippen molar-refractivity contribution in [3.05, 3.63) is 65.2 Å². The number of hydrogen-bond donors (Lipinski definition) is 1. The minimum atomic E-state index is -4.79. The van der Waals surface area contributed by atoms with Gasteiger partial charge in [0.05, 0.1) is 12.1 Å². The quantitative estimate of drug-likeness (QED) is 0.584. The van der Waals surface area contributed by atoms with Crippen LogP contribution in [0.2, 0.25) is 0 Å². The van der Waals surface area contributed by atoms with E-state index in [1.165, 1.54) is 5.56 Å². The lowest BCUT2D eigenvalue weighted by atomic mass is 9.90. The summed E-state index contributed by atoms with van der Waals surface area (Å²) in [6.07, 6.45) is -1.99. The molecular formula is C23H25F5N2O. The van der Waals surface area contributed by atoms with E-state index in [-0.39, 0.29) is 12.2 Å². The molecule has 2 aromatic carbocycles. The summed E-state index contributed by atoms with van der Waals surface area (Å²) in [5.74, 6) is -3.47. The normalized spacial score (nSPS) is 16.3. The molecule has 1 aliphatic heterocycles. The maximum absolute atomic E-state index is 13.6. The first-order valence-electron chi connectivity index (χ1n) is 10.2. The maximum atomic E-state index is 13.6. The largest absolute Gasteiger partial charge is 0.416 e. The molecule has 31 heavy (non-hydrogen) atoms. The zero-order valence-electron chi connectivity index (χ0n) is 17.2. The highest BCUT2D eigenvalue weighted by molar-refractivity contribution is 5.92. The number of likely N-dealkylation sites (tertiary alicyclic amines) is 1. The molecule has 3 rings (SSSR count). The summed E-state index contributed by atoms with van der Waals surface area (Å²) < 4.78 is 66.5. The first-order valence-corrected chi connectivity index (χ1v) is 10.2. The zero-order valence-corrected chi connectivity index (χ0v) is 17.2. The van der Waals surface area contributed by atoms with Crippen molar-refractivity contribution in [3.63, 3.8) is 0 Å². The van der Waals surface area contributed by atoms with Crippen molar-refractivity contribution in [2.45, 2.75) is 38.3 Å². The molecule has 1 heterocycles. The molecule has 168 valence electrons. The van der Waals surface area contributed by atoms with Crippen molar-refractivity contribution < 1.29 is 26.7 Å². The molecule has 0 radical (unpaired) electrons. The van der Waals surface area contributed by atoms with Crippen molar-refractivity contribution in [2.24, 2.45) is 5.92 Å². The van der Waals surface area contributed by atoms with E-state index in [4.69, 9.17) is 0 Å². The number of rotatable bonds is 6. The molecule has 1 amide bonds. The van der Waals surface area contributed by atoms with Gasteiger partial charge in [0.25, 0.3) is 5.92 Å². The first-order chi connectivity index (χ1) is 14.5. The summed E-state index contributed by atoms with van der Waals surface area (Å²) in [6, 6.07) is 12.1.